The van der Waals surface area contributed by atoms with Gasteiger partial charge in [0.15, 0.2) is 5.58 Å². The SMILES string of the molecule is C=C(COC1CCN(S(=O)(=O)c2ccccc2)CC1)Nc1ccc(-c2nc3cc(C#N)cc(C)c3o2)cc1. The molecule has 0 unspecified atom stereocenters. The number of aryl methyl sites for hydroxylation is 1. The second kappa shape index (κ2) is 10.8. The Hall–Kier alpha value is -3.97. The topological polar surface area (TPSA) is 108 Å². The van der Waals surface area contributed by atoms with Crippen molar-refractivity contribution in [3.63, 3.8) is 0 Å². The predicted octanol–water partition coefficient (Wildman–Crippen LogP) is 5.47. The van der Waals surface area contributed by atoms with Crippen molar-refractivity contribution < 1.29 is 17.6 Å². The van der Waals surface area contributed by atoms with E-state index in [1.54, 1.807) is 42.5 Å². The van der Waals surface area contributed by atoms with E-state index < -0.39 is 10.0 Å². The van der Waals surface area contributed by atoms with Crippen LogP contribution in [0.3, 0.4) is 0 Å². The van der Waals surface area contributed by atoms with Gasteiger partial charge in [0, 0.05) is 30.0 Å². The standard InChI is InChI=1S/C29H28N4O4S/c1-20-16-22(18-30)17-27-28(20)37-29(32-27)23-8-10-24(11-9-23)31-21(2)19-36-25-12-14-33(15-13-25)38(34,35)26-6-4-3-5-7-26/h3-11,16-17,25,31H,2,12-15,19H2,1H3. The van der Waals surface area contributed by atoms with Crippen LogP contribution in [0.25, 0.3) is 22.6 Å². The molecule has 0 atom stereocenters. The summed E-state index contributed by atoms with van der Waals surface area (Å²) in [6.07, 6.45) is 1.24. The molecule has 1 saturated heterocycles. The molecule has 0 spiro atoms. The van der Waals surface area contributed by atoms with Crippen molar-refractivity contribution in [2.45, 2.75) is 30.8 Å². The van der Waals surface area contributed by atoms with Gasteiger partial charge in [-0.3, -0.25) is 0 Å². The summed E-state index contributed by atoms with van der Waals surface area (Å²) in [7, 11) is -3.47. The molecule has 8 nitrogen and oxygen atoms in total. The Morgan fingerprint density at radius 3 is 2.55 bits per heavy atom. The maximum atomic E-state index is 12.8. The summed E-state index contributed by atoms with van der Waals surface area (Å²) >= 11 is 0. The first kappa shape index (κ1) is 25.7. The first-order valence-corrected chi connectivity index (χ1v) is 13.8. The summed E-state index contributed by atoms with van der Waals surface area (Å²) in [4.78, 5) is 4.87. The molecule has 1 N–H and O–H groups in total. The molecule has 3 aromatic carbocycles. The Kier molecular flexibility index (Phi) is 7.29. The summed E-state index contributed by atoms with van der Waals surface area (Å²) in [6.45, 7) is 7.14. The highest BCUT2D eigenvalue weighted by molar-refractivity contribution is 7.89. The highest BCUT2D eigenvalue weighted by Gasteiger charge is 2.29. The monoisotopic (exact) mass is 528 g/mol. The zero-order valence-electron chi connectivity index (χ0n) is 21.1. The normalized spacial score (nSPS) is 14.8. The summed E-state index contributed by atoms with van der Waals surface area (Å²) in [5, 5.41) is 12.4. The quantitative estimate of drug-likeness (QED) is 0.323. The van der Waals surface area contributed by atoms with Crippen LogP contribution in [0.1, 0.15) is 24.0 Å². The van der Waals surface area contributed by atoms with E-state index in [2.05, 4.69) is 22.9 Å². The minimum absolute atomic E-state index is 0.0256. The van der Waals surface area contributed by atoms with Crippen molar-refractivity contribution in [1.29, 1.82) is 5.26 Å². The maximum absolute atomic E-state index is 12.8. The number of hydrogen-bond acceptors (Lipinski definition) is 7. The molecule has 194 valence electrons. The van der Waals surface area contributed by atoms with Crippen molar-refractivity contribution >= 4 is 26.8 Å². The Balaban J connectivity index is 1.12. The third kappa shape index (κ3) is 5.48. The van der Waals surface area contributed by atoms with E-state index in [0.717, 1.165) is 16.8 Å². The van der Waals surface area contributed by atoms with E-state index in [4.69, 9.17) is 9.15 Å². The zero-order chi connectivity index (χ0) is 26.7. The number of hydrogen-bond donors (Lipinski definition) is 1. The second-order valence-corrected chi connectivity index (χ2v) is 11.2. The minimum Gasteiger partial charge on any atom is -0.436 e. The molecule has 1 aromatic heterocycles. The highest BCUT2D eigenvalue weighted by Crippen LogP contribution is 2.28. The van der Waals surface area contributed by atoms with E-state index in [1.807, 2.05) is 31.2 Å². The van der Waals surface area contributed by atoms with Gasteiger partial charge in [0.1, 0.15) is 5.52 Å². The smallest absolute Gasteiger partial charge is 0.243 e. The number of rotatable bonds is 8. The number of sulfonamides is 1. The van der Waals surface area contributed by atoms with E-state index >= 15 is 0 Å². The summed E-state index contributed by atoms with van der Waals surface area (Å²) < 4.78 is 39.1. The molecule has 1 fully saturated rings. The van der Waals surface area contributed by atoms with Gasteiger partial charge in [0.05, 0.1) is 29.2 Å². The van der Waals surface area contributed by atoms with Crippen LogP contribution in [0.2, 0.25) is 0 Å². The van der Waals surface area contributed by atoms with Crippen LogP contribution in [-0.4, -0.2) is 43.5 Å². The van der Waals surface area contributed by atoms with Crippen molar-refractivity contribution in [3.8, 4) is 17.5 Å². The van der Waals surface area contributed by atoms with E-state index in [9.17, 15) is 13.7 Å². The first-order valence-electron chi connectivity index (χ1n) is 12.4. The van der Waals surface area contributed by atoms with Gasteiger partial charge >= 0.3 is 0 Å². The summed E-state index contributed by atoms with van der Waals surface area (Å²) in [5.74, 6) is 0.493. The minimum atomic E-state index is -3.47. The van der Waals surface area contributed by atoms with Crippen LogP contribution >= 0.6 is 0 Å². The molecular formula is C29H28N4O4S. The number of anilines is 1. The molecule has 4 aromatic rings. The fraction of sp³-hybridized carbons (Fsp3) is 0.241. The van der Waals surface area contributed by atoms with E-state index in [0.29, 0.717) is 65.7 Å². The molecule has 2 heterocycles. The third-order valence-electron chi connectivity index (χ3n) is 6.53. The molecule has 9 heteroatoms. The molecule has 38 heavy (non-hydrogen) atoms. The molecule has 0 radical (unpaired) electrons. The van der Waals surface area contributed by atoms with Gasteiger partial charge in [0.25, 0.3) is 0 Å². The molecule has 5 rings (SSSR count). The van der Waals surface area contributed by atoms with E-state index in [1.165, 1.54) is 4.31 Å². The Labute approximate surface area is 222 Å². The van der Waals surface area contributed by atoms with Crippen LogP contribution in [0.5, 0.6) is 0 Å². The lowest BCUT2D eigenvalue weighted by Crippen LogP contribution is -2.41. The lowest BCUT2D eigenvalue weighted by atomic mass is 10.1. The molecule has 1 aliphatic heterocycles. The van der Waals surface area contributed by atoms with Crippen molar-refractivity contribution in [1.82, 2.24) is 9.29 Å². The third-order valence-corrected chi connectivity index (χ3v) is 8.45. The number of piperidine rings is 1. The molecule has 0 aliphatic carbocycles. The van der Waals surface area contributed by atoms with Gasteiger partial charge < -0.3 is 14.5 Å². The number of nitriles is 1. The van der Waals surface area contributed by atoms with Crippen molar-refractivity contribution in [2.75, 3.05) is 25.0 Å². The van der Waals surface area contributed by atoms with Gasteiger partial charge in [-0.05, 0) is 73.9 Å². The van der Waals surface area contributed by atoms with Gasteiger partial charge in [-0.25, -0.2) is 13.4 Å². The number of aromatic nitrogens is 1. The average molecular weight is 529 g/mol. The van der Waals surface area contributed by atoms with Crippen molar-refractivity contribution in [3.05, 3.63) is 90.1 Å². The maximum Gasteiger partial charge on any atom is 0.243 e. The van der Waals surface area contributed by atoms with Gasteiger partial charge in [-0.2, -0.15) is 9.57 Å². The fourth-order valence-electron chi connectivity index (χ4n) is 4.52. The van der Waals surface area contributed by atoms with Crippen LogP contribution in [0.15, 0.2) is 88.3 Å². The second-order valence-electron chi connectivity index (χ2n) is 9.31. The molecule has 0 saturated carbocycles. The van der Waals surface area contributed by atoms with Gasteiger partial charge in [0.2, 0.25) is 15.9 Å². The zero-order valence-corrected chi connectivity index (χ0v) is 21.9. The molecule has 0 bridgehead atoms. The fourth-order valence-corrected chi connectivity index (χ4v) is 6.01. The number of fused-ring (bicyclic) bond motifs is 1. The molecule has 0 amide bonds. The lowest BCUT2D eigenvalue weighted by molar-refractivity contribution is 0.0349. The van der Waals surface area contributed by atoms with Crippen LogP contribution < -0.4 is 5.32 Å². The predicted molar refractivity (Wildman–Crippen MR) is 146 cm³/mol. The van der Waals surface area contributed by atoms with E-state index in [-0.39, 0.29) is 6.10 Å². The number of nitrogens with zero attached hydrogens (tertiary/aromatic N) is 3. The number of ether oxygens (including phenoxy) is 1. The average Bonchev–Trinajstić information content (AvgIpc) is 3.38. The Morgan fingerprint density at radius 1 is 1.16 bits per heavy atom. The summed E-state index contributed by atoms with van der Waals surface area (Å²) in [5.41, 5.74) is 5.14. The number of oxazole rings is 1. The molecule has 1 aliphatic rings. The number of benzene rings is 3. The number of nitrogens with one attached hydrogen (secondary N) is 1. The Bertz CT molecular complexity index is 1600. The van der Waals surface area contributed by atoms with Gasteiger partial charge in [-0.1, -0.05) is 24.8 Å². The summed E-state index contributed by atoms with van der Waals surface area (Å²) in [6, 6.07) is 21.8. The highest BCUT2D eigenvalue weighted by atomic mass is 32.2. The Morgan fingerprint density at radius 2 is 1.87 bits per heavy atom. The largest absolute Gasteiger partial charge is 0.436 e. The van der Waals surface area contributed by atoms with Crippen LogP contribution in [0.4, 0.5) is 5.69 Å². The lowest BCUT2D eigenvalue weighted by Gasteiger charge is -2.31. The van der Waals surface area contributed by atoms with Crippen molar-refractivity contribution in [2.24, 2.45) is 0 Å². The van der Waals surface area contributed by atoms with Gasteiger partial charge in [-0.15, -0.1) is 0 Å². The van der Waals surface area contributed by atoms with Crippen LogP contribution in [-0.2, 0) is 14.8 Å². The van der Waals surface area contributed by atoms with Crippen LogP contribution in [0, 0.1) is 18.3 Å². The first-order chi connectivity index (χ1) is 18.3. The molecular weight excluding hydrogens is 500 g/mol.